The summed E-state index contributed by atoms with van der Waals surface area (Å²) in [5, 5.41) is 0. The summed E-state index contributed by atoms with van der Waals surface area (Å²) in [6.07, 6.45) is 20.9. The first kappa shape index (κ1) is 29.9. The highest BCUT2D eigenvalue weighted by Gasteiger charge is 2.05. The first-order valence-corrected chi connectivity index (χ1v) is 13.4. The lowest BCUT2D eigenvalue weighted by Gasteiger charge is -2.09. The average molecular weight is 441 g/mol. The van der Waals surface area contributed by atoms with E-state index in [1.807, 2.05) is 0 Å². The summed E-state index contributed by atoms with van der Waals surface area (Å²) in [6, 6.07) is 0. The largest absolute Gasteiger partial charge is 0.466 e. The fraction of sp³-hybridized carbons (Fsp3) is 0.926. The van der Waals surface area contributed by atoms with E-state index in [1.54, 1.807) is 0 Å². The third-order valence-corrected chi connectivity index (χ3v) is 6.09. The van der Waals surface area contributed by atoms with Crippen molar-refractivity contribution in [2.24, 2.45) is 5.92 Å². The molecule has 0 aliphatic heterocycles. The molecular weight excluding hydrogens is 388 g/mol. The highest BCUT2D eigenvalue weighted by molar-refractivity contribution is 5.69. The van der Waals surface area contributed by atoms with Gasteiger partial charge in [0.05, 0.1) is 13.2 Å². The van der Waals surface area contributed by atoms with Crippen LogP contribution in [0.1, 0.15) is 143 Å². The first-order chi connectivity index (χ1) is 15.1. The van der Waals surface area contributed by atoms with E-state index in [9.17, 15) is 9.59 Å². The van der Waals surface area contributed by atoms with Gasteiger partial charge in [0, 0.05) is 12.8 Å². The molecule has 4 heteroatoms. The average Bonchev–Trinajstić information content (AvgIpc) is 2.76. The molecular formula is C27H52O4. The van der Waals surface area contributed by atoms with Gasteiger partial charge < -0.3 is 9.47 Å². The van der Waals surface area contributed by atoms with Crippen molar-refractivity contribution in [2.45, 2.75) is 143 Å². The predicted molar refractivity (Wildman–Crippen MR) is 130 cm³/mol. The van der Waals surface area contributed by atoms with Crippen molar-refractivity contribution in [1.82, 2.24) is 0 Å². The lowest BCUT2D eigenvalue weighted by atomic mass is 10.1. The van der Waals surface area contributed by atoms with E-state index in [1.165, 1.54) is 51.4 Å². The normalized spacial score (nSPS) is 12.0. The van der Waals surface area contributed by atoms with Gasteiger partial charge in [0.15, 0.2) is 0 Å². The van der Waals surface area contributed by atoms with E-state index in [0.29, 0.717) is 32.0 Å². The molecule has 31 heavy (non-hydrogen) atoms. The summed E-state index contributed by atoms with van der Waals surface area (Å²) in [4.78, 5) is 23.4. The van der Waals surface area contributed by atoms with Crippen LogP contribution in [0.2, 0.25) is 0 Å². The summed E-state index contributed by atoms with van der Waals surface area (Å²) in [5.41, 5.74) is 0. The van der Waals surface area contributed by atoms with Crippen molar-refractivity contribution in [3.8, 4) is 0 Å². The highest BCUT2D eigenvalue weighted by atomic mass is 16.5. The third-order valence-electron chi connectivity index (χ3n) is 6.09. The maximum Gasteiger partial charge on any atom is 0.305 e. The molecule has 0 bridgehead atoms. The smallest absolute Gasteiger partial charge is 0.305 e. The van der Waals surface area contributed by atoms with E-state index in [2.05, 4.69) is 20.8 Å². The molecule has 0 rings (SSSR count). The third kappa shape index (κ3) is 23.4. The van der Waals surface area contributed by atoms with Gasteiger partial charge in [0.1, 0.15) is 0 Å². The molecule has 0 radical (unpaired) electrons. The van der Waals surface area contributed by atoms with Gasteiger partial charge in [-0.15, -0.1) is 0 Å². The number of hydrogen-bond acceptors (Lipinski definition) is 4. The summed E-state index contributed by atoms with van der Waals surface area (Å²) < 4.78 is 10.6. The van der Waals surface area contributed by atoms with Crippen molar-refractivity contribution in [3.63, 3.8) is 0 Å². The summed E-state index contributed by atoms with van der Waals surface area (Å²) >= 11 is 0. The standard InChI is InChI=1S/C27H52O4/c1-4-6-7-8-9-10-13-16-19-23-30-26(28)20-17-14-11-12-15-18-21-27(29)31-24-22-25(3)5-2/h25H,4-24H2,1-3H3. The molecule has 0 amide bonds. The van der Waals surface area contributed by atoms with Gasteiger partial charge >= 0.3 is 11.9 Å². The molecule has 1 unspecified atom stereocenters. The lowest BCUT2D eigenvalue weighted by molar-refractivity contribution is -0.145. The second-order valence-electron chi connectivity index (χ2n) is 9.19. The van der Waals surface area contributed by atoms with Gasteiger partial charge in [-0.05, 0) is 31.6 Å². The second-order valence-corrected chi connectivity index (χ2v) is 9.19. The molecule has 0 spiro atoms. The topological polar surface area (TPSA) is 52.6 Å². The van der Waals surface area contributed by atoms with Crippen molar-refractivity contribution in [2.75, 3.05) is 13.2 Å². The Morgan fingerprint density at radius 3 is 1.48 bits per heavy atom. The summed E-state index contributed by atoms with van der Waals surface area (Å²) in [7, 11) is 0. The van der Waals surface area contributed by atoms with Crippen LogP contribution < -0.4 is 0 Å². The zero-order valence-electron chi connectivity index (χ0n) is 21.1. The molecule has 0 aliphatic rings. The molecule has 0 saturated carbocycles. The van der Waals surface area contributed by atoms with E-state index in [0.717, 1.165) is 57.8 Å². The van der Waals surface area contributed by atoms with Crippen molar-refractivity contribution in [1.29, 1.82) is 0 Å². The summed E-state index contributed by atoms with van der Waals surface area (Å²) in [6.45, 7) is 7.74. The van der Waals surface area contributed by atoms with Crippen LogP contribution in [-0.2, 0) is 19.1 Å². The van der Waals surface area contributed by atoms with Crippen LogP contribution in [0.25, 0.3) is 0 Å². The minimum atomic E-state index is -0.0574. The molecule has 1 atom stereocenters. The minimum Gasteiger partial charge on any atom is -0.466 e. The number of unbranched alkanes of at least 4 members (excludes halogenated alkanes) is 13. The van der Waals surface area contributed by atoms with Crippen LogP contribution in [0.3, 0.4) is 0 Å². The first-order valence-electron chi connectivity index (χ1n) is 13.4. The van der Waals surface area contributed by atoms with Crippen LogP contribution in [0, 0.1) is 5.92 Å². The Hall–Kier alpha value is -1.06. The fourth-order valence-corrected chi connectivity index (χ4v) is 3.57. The molecule has 0 heterocycles. The Balaban J connectivity index is 3.28. The molecule has 0 fully saturated rings. The molecule has 0 aromatic carbocycles. The Kier molecular flexibility index (Phi) is 22.8. The van der Waals surface area contributed by atoms with Crippen LogP contribution in [0.5, 0.6) is 0 Å². The fourth-order valence-electron chi connectivity index (χ4n) is 3.57. The molecule has 0 aromatic heterocycles. The zero-order chi connectivity index (χ0) is 23.0. The van der Waals surface area contributed by atoms with Crippen molar-refractivity contribution < 1.29 is 19.1 Å². The van der Waals surface area contributed by atoms with Gasteiger partial charge in [-0.1, -0.05) is 104 Å². The maximum atomic E-state index is 11.8. The van der Waals surface area contributed by atoms with Gasteiger partial charge in [0.25, 0.3) is 0 Å². The van der Waals surface area contributed by atoms with Gasteiger partial charge in [0.2, 0.25) is 0 Å². The molecule has 0 saturated heterocycles. The van der Waals surface area contributed by atoms with Crippen LogP contribution in [0.4, 0.5) is 0 Å². The number of hydrogen-bond donors (Lipinski definition) is 0. The van der Waals surface area contributed by atoms with Crippen molar-refractivity contribution >= 4 is 11.9 Å². The molecule has 0 N–H and O–H groups in total. The number of carbonyl (C=O) groups excluding carboxylic acids is 2. The number of esters is 2. The Bertz CT molecular complexity index is 408. The number of ether oxygens (including phenoxy) is 2. The molecule has 0 aliphatic carbocycles. The number of carbonyl (C=O) groups is 2. The molecule has 4 nitrogen and oxygen atoms in total. The quantitative estimate of drug-likeness (QED) is 0.119. The zero-order valence-corrected chi connectivity index (χ0v) is 21.1. The minimum absolute atomic E-state index is 0.0419. The molecule has 0 aromatic rings. The van der Waals surface area contributed by atoms with Crippen LogP contribution >= 0.6 is 0 Å². The van der Waals surface area contributed by atoms with Gasteiger partial charge in [-0.2, -0.15) is 0 Å². The van der Waals surface area contributed by atoms with Gasteiger partial charge in [-0.25, -0.2) is 0 Å². The van der Waals surface area contributed by atoms with Crippen molar-refractivity contribution in [3.05, 3.63) is 0 Å². The Morgan fingerprint density at radius 2 is 1.00 bits per heavy atom. The van der Waals surface area contributed by atoms with Crippen LogP contribution in [0.15, 0.2) is 0 Å². The Labute approximate surface area is 193 Å². The second kappa shape index (κ2) is 23.6. The number of rotatable bonds is 23. The lowest BCUT2D eigenvalue weighted by Crippen LogP contribution is -2.08. The molecule has 184 valence electrons. The SMILES string of the molecule is CCCCCCCCCCCOC(=O)CCCCCCCCC(=O)OCCC(C)CC. The monoisotopic (exact) mass is 440 g/mol. The highest BCUT2D eigenvalue weighted by Crippen LogP contribution is 2.12. The van der Waals surface area contributed by atoms with Crippen LogP contribution in [-0.4, -0.2) is 25.2 Å². The van der Waals surface area contributed by atoms with E-state index < -0.39 is 0 Å². The van der Waals surface area contributed by atoms with E-state index >= 15 is 0 Å². The maximum absolute atomic E-state index is 11.8. The van der Waals surface area contributed by atoms with E-state index in [-0.39, 0.29) is 11.9 Å². The summed E-state index contributed by atoms with van der Waals surface area (Å²) in [5.74, 6) is 0.526. The Morgan fingerprint density at radius 1 is 0.581 bits per heavy atom. The van der Waals surface area contributed by atoms with Gasteiger partial charge in [-0.3, -0.25) is 9.59 Å². The van der Waals surface area contributed by atoms with E-state index in [4.69, 9.17) is 9.47 Å². The predicted octanol–water partition coefficient (Wildman–Crippen LogP) is 8.16.